The standard InChI is InChI=1S/C21H21N3O3S/c1-14(8-16-6-4-3-5-7-16)27-19-9-17(23-18(10-19)13-25)11-20(26)24-21-22-12-15(2)28-21/h3-7,9-10,12-14H,8,11H2,1-2H3,(H,22,24,26)/t14-/m0/s1. The summed E-state index contributed by atoms with van der Waals surface area (Å²) in [6, 6.07) is 13.3. The quantitative estimate of drug-likeness (QED) is 0.586. The van der Waals surface area contributed by atoms with Crippen LogP contribution in [0.15, 0.2) is 48.7 Å². The number of thiazole rings is 1. The van der Waals surface area contributed by atoms with Gasteiger partial charge < -0.3 is 10.1 Å². The van der Waals surface area contributed by atoms with Crippen LogP contribution in [0.1, 0.15) is 33.5 Å². The van der Waals surface area contributed by atoms with Crippen molar-refractivity contribution >= 4 is 28.7 Å². The number of aldehydes is 1. The average Bonchev–Trinajstić information content (AvgIpc) is 3.06. The van der Waals surface area contributed by atoms with Gasteiger partial charge in [-0.1, -0.05) is 30.3 Å². The van der Waals surface area contributed by atoms with E-state index in [2.05, 4.69) is 15.3 Å². The molecule has 0 aliphatic heterocycles. The smallest absolute Gasteiger partial charge is 0.232 e. The summed E-state index contributed by atoms with van der Waals surface area (Å²) in [5, 5.41) is 3.28. The molecule has 6 nitrogen and oxygen atoms in total. The Balaban J connectivity index is 1.67. The molecule has 1 amide bonds. The second-order valence-corrected chi connectivity index (χ2v) is 7.69. The van der Waals surface area contributed by atoms with Crippen LogP contribution >= 0.6 is 11.3 Å². The Morgan fingerprint density at radius 3 is 2.75 bits per heavy atom. The second-order valence-electron chi connectivity index (χ2n) is 6.46. The van der Waals surface area contributed by atoms with Crippen molar-refractivity contribution in [2.75, 3.05) is 5.32 Å². The van der Waals surface area contributed by atoms with Crippen LogP contribution in [0.5, 0.6) is 5.75 Å². The van der Waals surface area contributed by atoms with E-state index >= 15 is 0 Å². The summed E-state index contributed by atoms with van der Waals surface area (Å²) in [6.45, 7) is 3.88. The molecule has 1 aromatic carbocycles. The highest BCUT2D eigenvalue weighted by molar-refractivity contribution is 7.15. The Labute approximate surface area is 167 Å². The minimum absolute atomic E-state index is 0.0315. The molecule has 1 atom stereocenters. The number of carbonyl (C=O) groups is 2. The molecule has 2 aromatic heterocycles. The van der Waals surface area contributed by atoms with Crippen molar-refractivity contribution in [2.45, 2.75) is 32.8 Å². The zero-order chi connectivity index (χ0) is 19.9. The third-order valence-electron chi connectivity index (χ3n) is 3.91. The van der Waals surface area contributed by atoms with Crippen molar-refractivity contribution < 1.29 is 14.3 Å². The second kappa shape index (κ2) is 9.23. The summed E-state index contributed by atoms with van der Waals surface area (Å²) in [7, 11) is 0. The number of hydrogen-bond donors (Lipinski definition) is 1. The van der Waals surface area contributed by atoms with E-state index in [-0.39, 0.29) is 24.1 Å². The lowest BCUT2D eigenvalue weighted by atomic mass is 10.1. The molecule has 28 heavy (non-hydrogen) atoms. The van der Waals surface area contributed by atoms with Gasteiger partial charge >= 0.3 is 0 Å². The number of ether oxygens (including phenoxy) is 1. The molecule has 1 N–H and O–H groups in total. The van der Waals surface area contributed by atoms with Crippen LogP contribution in [-0.2, 0) is 17.6 Å². The van der Waals surface area contributed by atoms with Crippen molar-refractivity contribution in [1.29, 1.82) is 0 Å². The molecule has 0 saturated carbocycles. The number of pyridine rings is 1. The minimum Gasteiger partial charge on any atom is -0.490 e. The fourth-order valence-electron chi connectivity index (χ4n) is 2.76. The molecule has 0 aliphatic carbocycles. The predicted octanol–water partition coefficient (Wildman–Crippen LogP) is 3.85. The summed E-state index contributed by atoms with van der Waals surface area (Å²) in [5.74, 6) is 0.279. The maximum atomic E-state index is 12.3. The molecule has 3 rings (SSSR count). The number of carbonyl (C=O) groups excluding carboxylic acids is 2. The van der Waals surface area contributed by atoms with Gasteiger partial charge in [0, 0.05) is 29.6 Å². The molecule has 0 radical (unpaired) electrons. The van der Waals surface area contributed by atoms with E-state index in [1.165, 1.54) is 11.3 Å². The fourth-order valence-corrected chi connectivity index (χ4v) is 3.44. The number of aryl methyl sites for hydroxylation is 1. The SMILES string of the molecule is Cc1cnc(NC(=O)Cc2cc(O[C@@H](C)Cc3ccccc3)cc(C=O)n2)s1. The molecule has 0 spiro atoms. The van der Waals surface area contributed by atoms with Crippen LogP contribution < -0.4 is 10.1 Å². The Bertz CT molecular complexity index is 957. The van der Waals surface area contributed by atoms with E-state index < -0.39 is 0 Å². The van der Waals surface area contributed by atoms with Gasteiger partial charge in [0.05, 0.1) is 18.2 Å². The van der Waals surface area contributed by atoms with E-state index in [4.69, 9.17) is 4.74 Å². The lowest BCUT2D eigenvalue weighted by molar-refractivity contribution is -0.115. The molecule has 7 heteroatoms. The Morgan fingerprint density at radius 1 is 1.29 bits per heavy atom. The third kappa shape index (κ3) is 5.72. The average molecular weight is 395 g/mol. The first-order valence-electron chi connectivity index (χ1n) is 8.91. The van der Waals surface area contributed by atoms with Crippen LogP contribution in [0.2, 0.25) is 0 Å². The van der Waals surface area contributed by atoms with Crippen LogP contribution in [-0.4, -0.2) is 28.3 Å². The van der Waals surface area contributed by atoms with Crippen molar-refractivity contribution in [3.63, 3.8) is 0 Å². The summed E-state index contributed by atoms with van der Waals surface area (Å²) in [5.41, 5.74) is 1.87. The number of rotatable bonds is 8. The van der Waals surface area contributed by atoms with Gasteiger partial charge in [0.25, 0.3) is 0 Å². The first-order valence-corrected chi connectivity index (χ1v) is 9.72. The largest absolute Gasteiger partial charge is 0.490 e. The zero-order valence-corrected chi connectivity index (χ0v) is 16.5. The van der Waals surface area contributed by atoms with E-state index in [9.17, 15) is 9.59 Å². The van der Waals surface area contributed by atoms with Gasteiger partial charge in [0.15, 0.2) is 11.4 Å². The van der Waals surface area contributed by atoms with Gasteiger partial charge in [0.2, 0.25) is 5.91 Å². The molecule has 0 bridgehead atoms. The molecule has 0 fully saturated rings. The van der Waals surface area contributed by atoms with Gasteiger partial charge in [-0.15, -0.1) is 11.3 Å². The molecular formula is C21H21N3O3S. The fraction of sp³-hybridized carbons (Fsp3) is 0.238. The van der Waals surface area contributed by atoms with Gasteiger partial charge in [0.1, 0.15) is 11.4 Å². The van der Waals surface area contributed by atoms with Gasteiger partial charge in [-0.05, 0) is 19.4 Å². The van der Waals surface area contributed by atoms with E-state index in [0.29, 0.717) is 22.9 Å². The molecule has 0 aliphatic rings. The molecular weight excluding hydrogens is 374 g/mol. The highest BCUT2D eigenvalue weighted by atomic mass is 32.1. The van der Waals surface area contributed by atoms with Crippen molar-refractivity contribution in [2.24, 2.45) is 0 Å². The van der Waals surface area contributed by atoms with E-state index in [1.807, 2.05) is 44.2 Å². The maximum absolute atomic E-state index is 12.3. The number of hydrogen-bond acceptors (Lipinski definition) is 6. The highest BCUT2D eigenvalue weighted by Gasteiger charge is 2.12. The molecule has 144 valence electrons. The van der Waals surface area contributed by atoms with Crippen LogP contribution in [0.3, 0.4) is 0 Å². The van der Waals surface area contributed by atoms with Crippen molar-refractivity contribution in [3.05, 3.63) is 70.5 Å². The minimum atomic E-state index is -0.242. The number of nitrogens with zero attached hydrogens (tertiary/aromatic N) is 2. The summed E-state index contributed by atoms with van der Waals surface area (Å²) < 4.78 is 5.96. The van der Waals surface area contributed by atoms with Gasteiger partial charge in [-0.25, -0.2) is 9.97 Å². The van der Waals surface area contributed by atoms with Gasteiger partial charge in [-0.2, -0.15) is 0 Å². The summed E-state index contributed by atoms with van der Waals surface area (Å²) in [4.78, 5) is 32.8. The molecule has 0 unspecified atom stereocenters. The number of anilines is 1. The normalized spacial score (nSPS) is 11.6. The number of nitrogens with one attached hydrogen (secondary N) is 1. The monoisotopic (exact) mass is 395 g/mol. The molecule has 3 aromatic rings. The van der Waals surface area contributed by atoms with Crippen molar-refractivity contribution in [1.82, 2.24) is 9.97 Å². The summed E-state index contributed by atoms with van der Waals surface area (Å²) in [6.07, 6.45) is 3.03. The topological polar surface area (TPSA) is 81.2 Å². The van der Waals surface area contributed by atoms with Crippen LogP contribution in [0, 0.1) is 6.92 Å². The Kier molecular flexibility index (Phi) is 6.49. The van der Waals surface area contributed by atoms with Crippen molar-refractivity contribution in [3.8, 4) is 5.75 Å². The zero-order valence-electron chi connectivity index (χ0n) is 15.7. The Morgan fingerprint density at radius 2 is 2.07 bits per heavy atom. The first-order chi connectivity index (χ1) is 13.5. The number of amides is 1. The maximum Gasteiger partial charge on any atom is 0.232 e. The first kappa shape index (κ1) is 19.7. The predicted molar refractivity (Wildman–Crippen MR) is 109 cm³/mol. The number of benzene rings is 1. The third-order valence-corrected chi connectivity index (χ3v) is 4.73. The van der Waals surface area contributed by atoms with Gasteiger partial charge in [-0.3, -0.25) is 9.59 Å². The highest BCUT2D eigenvalue weighted by Crippen LogP contribution is 2.19. The van der Waals surface area contributed by atoms with E-state index in [1.54, 1.807) is 18.3 Å². The summed E-state index contributed by atoms with van der Waals surface area (Å²) >= 11 is 1.40. The van der Waals surface area contributed by atoms with Crippen LogP contribution in [0.4, 0.5) is 5.13 Å². The number of aromatic nitrogens is 2. The Hall–Kier alpha value is -3.06. The van der Waals surface area contributed by atoms with Crippen LogP contribution in [0.25, 0.3) is 0 Å². The van der Waals surface area contributed by atoms with E-state index in [0.717, 1.165) is 16.9 Å². The lowest BCUT2D eigenvalue weighted by Crippen LogP contribution is -2.17. The lowest BCUT2D eigenvalue weighted by Gasteiger charge is -2.16. The molecule has 2 heterocycles. The molecule has 0 saturated heterocycles.